The van der Waals surface area contributed by atoms with Crippen LogP contribution < -0.4 is 5.32 Å². The number of nitrogens with one attached hydrogen (secondary N) is 1. The molecule has 37 heavy (non-hydrogen) atoms. The predicted octanol–water partition coefficient (Wildman–Crippen LogP) is 2.87. The van der Waals surface area contributed by atoms with E-state index >= 15 is 0 Å². The van der Waals surface area contributed by atoms with Crippen LogP contribution in [0.15, 0.2) is 71.6 Å². The third-order valence-corrected chi connectivity index (χ3v) is 5.24. The number of amides is 1. The molecule has 3 N–H and O–H groups in total. The fourth-order valence-electron chi connectivity index (χ4n) is 3.30. The summed E-state index contributed by atoms with van der Waals surface area (Å²) in [5.74, 6) is -2.12. The number of aliphatic hydroxyl groups is 1. The second-order valence-electron chi connectivity index (χ2n) is 8.16. The van der Waals surface area contributed by atoms with E-state index in [9.17, 15) is 24.6 Å². The minimum Gasteiger partial charge on any atom is -0.507 e. The number of benzene rings is 1. The number of oxime groups is 1. The molecule has 0 aromatic heterocycles. The van der Waals surface area contributed by atoms with Crippen molar-refractivity contribution in [2.75, 3.05) is 7.11 Å². The molecular formula is C27H32N2O8. The second-order valence-corrected chi connectivity index (χ2v) is 8.16. The lowest BCUT2D eigenvalue weighted by molar-refractivity contribution is -0.148. The zero-order valence-electron chi connectivity index (χ0n) is 21.0. The lowest BCUT2D eigenvalue weighted by atomic mass is 10.0. The number of ether oxygens (including phenoxy) is 2. The van der Waals surface area contributed by atoms with E-state index in [0.717, 1.165) is 0 Å². The summed E-state index contributed by atoms with van der Waals surface area (Å²) in [5.41, 5.74) is 1.09. The van der Waals surface area contributed by atoms with Gasteiger partial charge in [-0.25, -0.2) is 4.79 Å². The van der Waals surface area contributed by atoms with E-state index in [2.05, 4.69) is 15.3 Å². The maximum atomic E-state index is 13.1. The number of allylic oxidation sites excluding steroid dienone is 2. The molecule has 1 amide bonds. The summed E-state index contributed by atoms with van der Waals surface area (Å²) in [5, 5.41) is 26.7. The average Bonchev–Trinajstić information content (AvgIpc) is 2.85. The van der Waals surface area contributed by atoms with Crippen LogP contribution in [0.25, 0.3) is 0 Å². The SMILES string of the molecule is CO/N=C/C=C\C(=O)N/C=C/CC1CC(=O)OC(C)C=CC(O)C(C)=CCc2cccc(O)c2C(=O)O1. The van der Waals surface area contributed by atoms with E-state index in [4.69, 9.17) is 9.47 Å². The number of hydrogen-bond donors (Lipinski definition) is 3. The van der Waals surface area contributed by atoms with Crippen LogP contribution in [0.3, 0.4) is 0 Å². The van der Waals surface area contributed by atoms with Crippen molar-refractivity contribution in [2.45, 2.75) is 51.4 Å². The number of hydrogen-bond acceptors (Lipinski definition) is 9. The molecular weight excluding hydrogens is 480 g/mol. The van der Waals surface area contributed by atoms with Crippen molar-refractivity contribution in [2.24, 2.45) is 5.16 Å². The molecule has 2 rings (SSSR count). The molecule has 1 aromatic carbocycles. The lowest BCUT2D eigenvalue weighted by Gasteiger charge is -2.18. The van der Waals surface area contributed by atoms with Crippen LogP contribution in [0.2, 0.25) is 0 Å². The summed E-state index contributed by atoms with van der Waals surface area (Å²) in [6.07, 6.45) is 9.26. The van der Waals surface area contributed by atoms with Crippen molar-refractivity contribution in [3.63, 3.8) is 0 Å². The number of nitrogens with zero attached hydrogens (tertiary/aromatic N) is 1. The number of esters is 2. The molecule has 10 heteroatoms. The van der Waals surface area contributed by atoms with Gasteiger partial charge in [-0.05, 0) is 49.6 Å². The Balaban J connectivity index is 2.25. The van der Waals surface area contributed by atoms with E-state index < -0.39 is 36.2 Å². The van der Waals surface area contributed by atoms with Crippen molar-refractivity contribution in [1.29, 1.82) is 0 Å². The predicted molar refractivity (Wildman–Crippen MR) is 137 cm³/mol. The normalized spacial score (nSPS) is 21.6. The van der Waals surface area contributed by atoms with Gasteiger partial charge in [-0.1, -0.05) is 35.5 Å². The van der Waals surface area contributed by atoms with Gasteiger partial charge in [-0.3, -0.25) is 9.59 Å². The van der Waals surface area contributed by atoms with Crippen LogP contribution >= 0.6 is 0 Å². The number of fused-ring (bicyclic) bond motifs is 1. The van der Waals surface area contributed by atoms with Crippen LogP contribution in [-0.2, 0) is 30.3 Å². The van der Waals surface area contributed by atoms with Crippen LogP contribution in [-0.4, -0.2) is 59.7 Å². The molecule has 198 valence electrons. The molecule has 0 spiro atoms. The summed E-state index contributed by atoms with van der Waals surface area (Å²) in [4.78, 5) is 41.9. The highest BCUT2D eigenvalue weighted by Crippen LogP contribution is 2.25. The number of aliphatic hydroxyl groups excluding tert-OH is 1. The van der Waals surface area contributed by atoms with Gasteiger partial charge in [0.2, 0.25) is 5.91 Å². The molecule has 1 heterocycles. The fourth-order valence-corrected chi connectivity index (χ4v) is 3.30. The first kappa shape index (κ1) is 29.1. The van der Waals surface area contributed by atoms with Crippen molar-refractivity contribution in [3.8, 4) is 5.75 Å². The molecule has 3 atom stereocenters. The largest absolute Gasteiger partial charge is 0.507 e. The third-order valence-electron chi connectivity index (χ3n) is 5.24. The highest BCUT2D eigenvalue weighted by molar-refractivity contribution is 5.94. The lowest BCUT2D eigenvalue weighted by Crippen LogP contribution is -2.25. The monoisotopic (exact) mass is 512 g/mol. The zero-order valence-corrected chi connectivity index (χ0v) is 21.0. The van der Waals surface area contributed by atoms with Gasteiger partial charge in [0, 0.05) is 18.7 Å². The summed E-state index contributed by atoms with van der Waals surface area (Å²) in [7, 11) is 1.38. The Kier molecular flexibility index (Phi) is 11.8. The van der Waals surface area contributed by atoms with Crippen LogP contribution in [0, 0.1) is 0 Å². The Morgan fingerprint density at radius 3 is 2.81 bits per heavy atom. The summed E-state index contributed by atoms with van der Waals surface area (Å²) < 4.78 is 10.9. The van der Waals surface area contributed by atoms with Crippen molar-refractivity contribution < 1.29 is 38.9 Å². The summed E-state index contributed by atoms with van der Waals surface area (Å²) in [6, 6.07) is 4.65. The number of phenolic OH excluding ortho intramolecular Hbond substituents is 1. The average molecular weight is 513 g/mol. The van der Waals surface area contributed by atoms with Crippen LogP contribution in [0.4, 0.5) is 0 Å². The van der Waals surface area contributed by atoms with Crippen molar-refractivity contribution >= 4 is 24.1 Å². The van der Waals surface area contributed by atoms with Gasteiger partial charge in [0.15, 0.2) is 0 Å². The molecule has 1 aromatic rings. The van der Waals surface area contributed by atoms with E-state index in [0.29, 0.717) is 11.1 Å². The Morgan fingerprint density at radius 2 is 2.05 bits per heavy atom. The quantitative estimate of drug-likeness (QED) is 0.174. The topological polar surface area (TPSA) is 144 Å². The number of aromatic hydroxyl groups is 1. The van der Waals surface area contributed by atoms with Crippen molar-refractivity contribution in [3.05, 3.63) is 77.6 Å². The smallest absolute Gasteiger partial charge is 0.342 e. The van der Waals surface area contributed by atoms with Gasteiger partial charge in [-0.15, -0.1) is 0 Å². The van der Waals surface area contributed by atoms with Gasteiger partial charge < -0.3 is 29.8 Å². The van der Waals surface area contributed by atoms with Crippen LogP contribution in [0.1, 0.15) is 42.6 Å². The molecule has 0 bridgehead atoms. The number of rotatable bonds is 6. The zero-order chi connectivity index (χ0) is 27.2. The van der Waals surface area contributed by atoms with E-state index in [1.807, 2.05) is 0 Å². The number of carbonyl (C=O) groups is 3. The molecule has 10 nitrogen and oxygen atoms in total. The molecule has 0 saturated carbocycles. The van der Waals surface area contributed by atoms with Gasteiger partial charge in [0.1, 0.15) is 30.6 Å². The van der Waals surface area contributed by atoms with E-state index in [1.165, 1.54) is 49.9 Å². The first-order valence-corrected chi connectivity index (χ1v) is 11.6. The van der Waals surface area contributed by atoms with Crippen molar-refractivity contribution in [1.82, 2.24) is 5.32 Å². The van der Waals surface area contributed by atoms with E-state index in [-0.39, 0.29) is 30.6 Å². The molecule has 1 aliphatic heterocycles. The fraction of sp³-hybridized carbons (Fsp3) is 0.333. The van der Waals surface area contributed by atoms with Gasteiger partial charge in [0.05, 0.1) is 18.7 Å². The number of phenols is 1. The third kappa shape index (κ3) is 10.1. The standard InChI is InChI=1S/C27H32N2O8/c1-18-11-13-20-7-4-9-23(31)26(20)27(34)37-21(17-25(33)36-19(2)12-14-22(18)30)8-5-15-28-24(32)10-6-16-29-35-3/h4-7,9-12,14-16,19,21-22,30-31H,8,13,17H2,1-3H3,(H,28,32)/b10-6-,14-12?,15-5+,18-11?,29-16+. The number of carbonyl (C=O) groups excluding carboxylic acids is 3. The Morgan fingerprint density at radius 1 is 1.27 bits per heavy atom. The van der Waals surface area contributed by atoms with Crippen LogP contribution in [0.5, 0.6) is 5.75 Å². The highest BCUT2D eigenvalue weighted by Gasteiger charge is 2.24. The molecule has 0 aliphatic carbocycles. The van der Waals surface area contributed by atoms with Gasteiger partial charge in [0.25, 0.3) is 0 Å². The second kappa shape index (κ2) is 15.0. The molecule has 0 saturated heterocycles. The van der Waals surface area contributed by atoms with Gasteiger partial charge >= 0.3 is 11.9 Å². The molecule has 0 radical (unpaired) electrons. The Bertz CT molecular complexity index is 1100. The summed E-state index contributed by atoms with van der Waals surface area (Å²) >= 11 is 0. The highest BCUT2D eigenvalue weighted by atomic mass is 16.6. The molecule has 0 fully saturated rings. The maximum Gasteiger partial charge on any atom is 0.342 e. The van der Waals surface area contributed by atoms with E-state index in [1.54, 1.807) is 38.1 Å². The number of cyclic esters (lactones) is 2. The maximum absolute atomic E-state index is 13.1. The minimum absolute atomic E-state index is 0.0293. The molecule has 1 aliphatic rings. The summed E-state index contributed by atoms with van der Waals surface area (Å²) in [6.45, 7) is 3.38. The minimum atomic E-state index is -0.936. The Hall–Kier alpha value is -4.18. The Labute approximate surface area is 215 Å². The van der Waals surface area contributed by atoms with Gasteiger partial charge in [-0.2, -0.15) is 0 Å². The first-order chi connectivity index (χ1) is 17.7. The first-order valence-electron chi connectivity index (χ1n) is 11.6. The molecule has 3 unspecified atom stereocenters.